The van der Waals surface area contributed by atoms with E-state index in [9.17, 15) is 4.79 Å². The van der Waals surface area contributed by atoms with E-state index in [-0.39, 0.29) is 0 Å². The molecule has 0 radical (unpaired) electrons. The van der Waals surface area contributed by atoms with E-state index < -0.39 is 6.09 Å². The topological polar surface area (TPSA) is 43.8 Å². The summed E-state index contributed by atoms with van der Waals surface area (Å²) in [5.74, 6) is 0.650. The zero-order chi connectivity index (χ0) is 16.4. The minimum atomic E-state index is -0.799. The zero-order valence-electron chi connectivity index (χ0n) is 14.3. The van der Waals surface area contributed by atoms with Crippen LogP contribution in [0.1, 0.15) is 51.0 Å². The predicted octanol–water partition coefficient (Wildman–Crippen LogP) is 4.17. The van der Waals surface area contributed by atoms with Crippen molar-refractivity contribution in [2.75, 3.05) is 31.1 Å². The van der Waals surface area contributed by atoms with Crippen molar-refractivity contribution in [1.29, 1.82) is 0 Å². The summed E-state index contributed by atoms with van der Waals surface area (Å²) in [5.41, 5.74) is 3.27. The highest BCUT2D eigenvalue weighted by Gasteiger charge is 2.30. The minimum absolute atomic E-state index is 0.485. The van der Waals surface area contributed by atoms with Gasteiger partial charge in [-0.3, -0.25) is 0 Å². The van der Waals surface area contributed by atoms with Crippen molar-refractivity contribution in [3.63, 3.8) is 0 Å². The summed E-state index contributed by atoms with van der Waals surface area (Å²) >= 11 is 0. The molecule has 1 aromatic carbocycles. The Kier molecular flexibility index (Phi) is 4.51. The van der Waals surface area contributed by atoms with Gasteiger partial charge in [-0.15, -0.1) is 0 Å². The largest absolute Gasteiger partial charge is 0.465 e. The van der Waals surface area contributed by atoms with Gasteiger partial charge in [0, 0.05) is 31.9 Å². The highest BCUT2D eigenvalue weighted by molar-refractivity contribution is 5.66. The van der Waals surface area contributed by atoms with Gasteiger partial charge in [-0.2, -0.15) is 0 Å². The Morgan fingerprint density at radius 2 is 1.70 bits per heavy atom. The monoisotopic (exact) mass is 316 g/mol. The minimum Gasteiger partial charge on any atom is -0.465 e. The van der Waals surface area contributed by atoms with E-state index in [1.165, 1.54) is 41.8 Å². The van der Waals surface area contributed by atoms with Crippen LogP contribution in [0.15, 0.2) is 24.3 Å². The molecular formula is C19H28N2O2. The molecule has 3 rings (SSSR count). The maximum absolute atomic E-state index is 11.1. The third-order valence-electron chi connectivity index (χ3n) is 5.61. The van der Waals surface area contributed by atoms with Crippen LogP contribution < -0.4 is 4.90 Å². The Bertz CT molecular complexity index is 552. The summed E-state index contributed by atoms with van der Waals surface area (Å²) in [6.07, 6.45) is 4.31. The third kappa shape index (κ3) is 3.62. The molecule has 0 aromatic heterocycles. The molecule has 4 nitrogen and oxygen atoms in total. The lowest BCUT2D eigenvalue weighted by atomic mass is 9.71. The molecule has 1 saturated heterocycles. The number of piperazine rings is 1. The van der Waals surface area contributed by atoms with Crippen LogP contribution in [-0.2, 0) is 0 Å². The molecule has 23 heavy (non-hydrogen) atoms. The van der Waals surface area contributed by atoms with Crippen LogP contribution >= 0.6 is 0 Å². The first-order valence-electron chi connectivity index (χ1n) is 8.78. The van der Waals surface area contributed by atoms with Crippen molar-refractivity contribution in [2.45, 2.75) is 45.4 Å². The van der Waals surface area contributed by atoms with Gasteiger partial charge < -0.3 is 14.9 Å². The van der Waals surface area contributed by atoms with Gasteiger partial charge in [0.2, 0.25) is 0 Å². The van der Waals surface area contributed by atoms with Crippen LogP contribution in [0, 0.1) is 5.41 Å². The van der Waals surface area contributed by atoms with Crippen molar-refractivity contribution < 1.29 is 9.90 Å². The summed E-state index contributed by atoms with van der Waals surface area (Å²) < 4.78 is 0. The van der Waals surface area contributed by atoms with E-state index in [2.05, 4.69) is 43.0 Å². The number of nitrogens with zero attached hydrogens (tertiary/aromatic N) is 2. The van der Waals surface area contributed by atoms with Gasteiger partial charge in [-0.05, 0) is 48.6 Å². The fraction of sp³-hybridized carbons (Fsp3) is 0.632. The summed E-state index contributed by atoms with van der Waals surface area (Å²) in [6, 6.07) is 8.74. The second kappa shape index (κ2) is 6.42. The number of hydrogen-bond acceptors (Lipinski definition) is 2. The fourth-order valence-electron chi connectivity index (χ4n) is 3.97. The van der Waals surface area contributed by atoms with Crippen LogP contribution in [0.5, 0.6) is 0 Å². The molecule has 1 heterocycles. The molecule has 4 heteroatoms. The second-order valence-corrected chi connectivity index (χ2v) is 7.75. The molecule has 0 bridgehead atoms. The summed E-state index contributed by atoms with van der Waals surface area (Å²) in [6.45, 7) is 7.53. The molecule has 2 aliphatic rings. The Morgan fingerprint density at radius 3 is 2.30 bits per heavy atom. The average Bonchev–Trinajstić information content (AvgIpc) is 2.55. The Labute approximate surface area is 139 Å². The number of hydrogen-bond donors (Lipinski definition) is 1. The Balaban J connectivity index is 1.73. The van der Waals surface area contributed by atoms with Crippen molar-refractivity contribution in [3.8, 4) is 0 Å². The maximum atomic E-state index is 11.1. The van der Waals surface area contributed by atoms with Gasteiger partial charge in [-0.25, -0.2) is 4.79 Å². The predicted molar refractivity (Wildman–Crippen MR) is 93.2 cm³/mol. The molecule has 1 aromatic rings. The smallest absolute Gasteiger partial charge is 0.407 e. The lowest BCUT2D eigenvalue weighted by Gasteiger charge is -2.39. The van der Waals surface area contributed by atoms with Crippen LogP contribution in [-0.4, -0.2) is 42.3 Å². The molecular weight excluding hydrogens is 288 g/mol. The number of carbonyl (C=O) groups is 1. The van der Waals surface area contributed by atoms with Crippen LogP contribution in [0.3, 0.4) is 0 Å². The van der Waals surface area contributed by atoms with Crippen molar-refractivity contribution in [3.05, 3.63) is 29.8 Å². The third-order valence-corrected chi connectivity index (χ3v) is 5.61. The SMILES string of the molecule is CC1(C)CCC(c2ccccc2N2CCN(C(=O)O)CC2)CC1. The Hall–Kier alpha value is -1.71. The highest BCUT2D eigenvalue weighted by atomic mass is 16.4. The van der Waals surface area contributed by atoms with Crippen molar-refractivity contribution in [2.24, 2.45) is 5.41 Å². The summed E-state index contributed by atoms with van der Waals surface area (Å²) in [5, 5.41) is 9.11. The van der Waals surface area contributed by atoms with Crippen LogP contribution in [0.4, 0.5) is 10.5 Å². The molecule has 1 saturated carbocycles. The number of amides is 1. The molecule has 1 N–H and O–H groups in total. The zero-order valence-corrected chi connectivity index (χ0v) is 14.3. The first-order valence-corrected chi connectivity index (χ1v) is 8.78. The van der Waals surface area contributed by atoms with Gasteiger partial charge in [0.15, 0.2) is 0 Å². The molecule has 2 fully saturated rings. The maximum Gasteiger partial charge on any atom is 0.407 e. The lowest BCUT2D eigenvalue weighted by Crippen LogP contribution is -2.48. The quantitative estimate of drug-likeness (QED) is 0.890. The standard InChI is InChI=1S/C19H28N2O2/c1-19(2)9-7-15(8-10-19)16-5-3-4-6-17(16)20-11-13-21(14-12-20)18(22)23/h3-6,15H,7-14H2,1-2H3,(H,22,23). The van der Waals surface area contributed by atoms with Gasteiger partial charge in [0.25, 0.3) is 0 Å². The molecule has 126 valence electrons. The van der Waals surface area contributed by atoms with Crippen LogP contribution in [0.25, 0.3) is 0 Å². The van der Waals surface area contributed by atoms with Gasteiger partial charge >= 0.3 is 6.09 Å². The average molecular weight is 316 g/mol. The first kappa shape index (κ1) is 16.2. The van der Waals surface area contributed by atoms with E-state index in [1.54, 1.807) is 0 Å². The molecule has 0 spiro atoms. The lowest BCUT2D eigenvalue weighted by molar-refractivity contribution is 0.142. The highest BCUT2D eigenvalue weighted by Crippen LogP contribution is 2.44. The van der Waals surface area contributed by atoms with Crippen molar-refractivity contribution in [1.82, 2.24) is 4.90 Å². The van der Waals surface area contributed by atoms with Crippen molar-refractivity contribution >= 4 is 11.8 Å². The number of benzene rings is 1. The van der Waals surface area contributed by atoms with Gasteiger partial charge in [0.1, 0.15) is 0 Å². The normalized spacial score (nSPS) is 22.2. The number of carboxylic acid groups (broad SMARTS) is 1. The number of anilines is 1. The summed E-state index contributed by atoms with van der Waals surface area (Å²) in [7, 11) is 0. The van der Waals surface area contributed by atoms with Gasteiger partial charge in [0.05, 0.1) is 0 Å². The van der Waals surface area contributed by atoms with E-state index in [4.69, 9.17) is 5.11 Å². The second-order valence-electron chi connectivity index (χ2n) is 7.75. The molecule has 0 unspecified atom stereocenters. The van der Waals surface area contributed by atoms with E-state index in [0.717, 1.165) is 13.1 Å². The molecule has 0 atom stereocenters. The molecule has 1 amide bonds. The molecule has 1 aliphatic heterocycles. The number of rotatable bonds is 2. The van der Waals surface area contributed by atoms with Crippen LogP contribution in [0.2, 0.25) is 0 Å². The van der Waals surface area contributed by atoms with E-state index in [0.29, 0.717) is 24.4 Å². The van der Waals surface area contributed by atoms with Gasteiger partial charge in [-0.1, -0.05) is 32.0 Å². The molecule has 1 aliphatic carbocycles. The number of para-hydroxylation sites is 1. The van der Waals surface area contributed by atoms with E-state index in [1.807, 2.05) is 0 Å². The fourth-order valence-corrected chi connectivity index (χ4v) is 3.97. The first-order chi connectivity index (χ1) is 11.0. The summed E-state index contributed by atoms with van der Waals surface area (Å²) in [4.78, 5) is 15.0. The van der Waals surface area contributed by atoms with E-state index >= 15 is 0 Å². The Morgan fingerprint density at radius 1 is 1.09 bits per heavy atom.